The molecular weight excluding hydrogens is 596 g/mol. The first kappa shape index (κ1) is 32.9. The third-order valence-corrected chi connectivity index (χ3v) is 9.57. The maximum Gasteiger partial charge on any atom is 0.235 e. The van der Waals surface area contributed by atoms with Crippen LogP contribution in [0.2, 0.25) is 5.02 Å². The highest BCUT2D eigenvalue weighted by atomic mass is 35.5. The Bertz CT molecular complexity index is 1340. The van der Waals surface area contributed by atoms with Crippen molar-refractivity contribution in [2.24, 2.45) is 5.41 Å². The molecule has 1 aliphatic carbocycles. The molecule has 3 aromatic heterocycles. The Balaban J connectivity index is 1.55. The number of hydrogen-bond acceptors (Lipinski definition) is 12. The van der Waals surface area contributed by atoms with Gasteiger partial charge in [0.1, 0.15) is 27.5 Å². The fourth-order valence-corrected chi connectivity index (χ4v) is 6.95. The van der Waals surface area contributed by atoms with Crippen molar-refractivity contribution in [2.45, 2.75) is 75.4 Å². The molecule has 0 amide bonds. The molecular formula is C26H38B2ClN7O4S2. The second-order valence-corrected chi connectivity index (χ2v) is 14.1. The molecule has 226 valence electrons. The van der Waals surface area contributed by atoms with Crippen molar-refractivity contribution >= 4 is 57.2 Å². The summed E-state index contributed by atoms with van der Waals surface area (Å²) in [6.07, 6.45) is 5.96. The molecule has 16 heteroatoms. The summed E-state index contributed by atoms with van der Waals surface area (Å²) in [7, 11) is 4.70. The van der Waals surface area contributed by atoms with Crippen molar-refractivity contribution in [3.63, 3.8) is 0 Å². The molecule has 0 aromatic carbocycles. The lowest BCUT2D eigenvalue weighted by molar-refractivity contribution is 0.125. The van der Waals surface area contributed by atoms with Gasteiger partial charge >= 0.3 is 0 Å². The number of pyridine rings is 1. The summed E-state index contributed by atoms with van der Waals surface area (Å²) in [5.41, 5.74) is -2.07. The molecule has 3 aromatic rings. The number of aliphatic hydroxyl groups is 2. The second kappa shape index (κ2) is 13.3. The molecule has 3 heterocycles. The molecule has 4 atom stereocenters. The lowest BCUT2D eigenvalue weighted by Crippen LogP contribution is -2.25. The fraction of sp³-hybridized carbons (Fsp3) is 0.577. The second-order valence-electron chi connectivity index (χ2n) is 11.7. The Labute approximate surface area is 262 Å². The molecule has 3 unspecified atom stereocenters. The minimum atomic E-state index is -1.40. The number of nitrogens with zero attached hydrogens (tertiary/aromatic N) is 6. The van der Waals surface area contributed by atoms with Gasteiger partial charge in [0.25, 0.3) is 0 Å². The van der Waals surface area contributed by atoms with E-state index in [1.165, 1.54) is 31.1 Å². The van der Waals surface area contributed by atoms with E-state index >= 15 is 0 Å². The SMILES string of the molecule is BC1(O)C(n2c(NS[C@@H](C)C(OSCCC(C)(C)CCC)c3ncc(Cl)cn3)nnc2-c2cccc(OC)n2)C1(B)O. The average molecular weight is 634 g/mol. The van der Waals surface area contributed by atoms with Gasteiger partial charge in [0.15, 0.2) is 11.6 Å². The summed E-state index contributed by atoms with van der Waals surface area (Å²) in [5, 5.41) is 30.9. The molecule has 1 saturated carbocycles. The largest absolute Gasteiger partial charge is 0.481 e. The Kier molecular flexibility index (Phi) is 10.4. The molecule has 4 rings (SSSR count). The van der Waals surface area contributed by atoms with Crippen molar-refractivity contribution in [2.75, 3.05) is 17.6 Å². The van der Waals surface area contributed by atoms with Gasteiger partial charge in [-0.25, -0.2) is 15.0 Å². The fourth-order valence-electron chi connectivity index (χ4n) is 4.92. The highest BCUT2D eigenvalue weighted by molar-refractivity contribution is 8.01. The van der Waals surface area contributed by atoms with Crippen LogP contribution in [0.15, 0.2) is 30.6 Å². The van der Waals surface area contributed by atoms with Crippen LogP contribution in [-0.2, 0) is 4.18 Å². The molecule has 0 aliphatic heterocycles. The Morgan fingerprint density at radius 3 is 2.48 bits per heavy atom. The number of halogens is 1. The summed E-state index contributed by atoms with van der Waals surface area (Å²) in [4.78, 5) is 13.3. The molecule has 1 aliphatic rings. The van der Waals surface area contributed by atoms with Gasteiger partial charge in [-0.15, -0.1) is 10.2 Å². The monoisotopic (exact) mass is 633 g/mol. The van der Waals surface area contributed by atoms with Gasteiger partial charge in [0, 0.05) is 24.2 Å². The highest BCUT2D eigenvalue weighted by Gasteiger charge is 2.71. The highest BCUT2D eigenvalue weighted by Crippen LogP contribution is 2.56. The molecule has 0 saturated heterocycles. The van der Waals surface area contributed by atoms with Crippen LogP contribution in [0.25, 0.3) is 11.5 Å². The van der Waals surface area contributed by atoms with E-state index in [2.05, 4.69) is 50.6 Å². The van der Waals surface area contributed by atoms with Gasteiger partial charge in [-0.05, 0) is 55.2 Å². The quantitative estimate of drug-likeness (QED) is 0.0981. The first-order valence-corrected chi connectivity index (χ1v) is 16.1. The lowest BCUT2D eigenvalue weighted by atomic mass is 9.83. The van der Waals surface area contributed by atoms with E-state index in [-0.39, 0.29) is 10.7 Å². The van der Waals surface area contributed by atoms with Crippen molar-refractivity contribution < 1.29 is 19.1 Å². The summed E-state index contributed by atoms with van der Waals surface area (Å²) in [6.45, 7) is 8.75. The zero-order valence-corrected chi connectivity index (χ0v) is 27.4. The molecule has 0 bridgehead atoms. The third-order valence-electron chi connectivity index (χ3n) is 7.74. The third kappa shape index (κ3) is 7.19. The number of anilines is 1. The van der Waals surface area contributed by atoms with Gasteiger partial charge in [0.2, 0.25) is 11.8 Å². The topological polar surface area (TPSA) is 140 Å². The van der Waals surface area contributed by atoms with Crippen LogP contribution < -0.4 is 9.46 Å². The number of ether oxygens (including phenoxy) is 1. The Morgan fingerprint density at radius 2 is 1.86 bits per heavy atom. The minimum absolute atomic E-state index is 0.189. The number of aromatic nitrogens is 6. The van der Waals surface area contributed by atoms with Gasteiger partial charge in [-0.1, -0.05) is 44.9 Å². The lowest BCUT2D eigenvalue weighted by Gasteiger charge is -2.25. The van der Waals surface area contributed by atoms with Crippen LogP contribution in [-0.4, -0.2) is 84.7 Å². The van der Waals surface area contributed by atoms with Crippen LogP contribution in [0, 0.1) is 5.41 Å². The van der Waals surface area contributed by atoms with E-state index < -0.39 is 23.1 Å². The Hall–Kier alpha value is -2.03. The molecule has 11 nitrogen and oxygen atoms in total. The molecule has 1 fully saturated rings. The maximum atomic E-state index is 11.0. The van der Waals surface area contributed by atoms with Gasteiger partial charge in [-0.3, -0.25) is 9.29 Å². The normalized spacial score (nSPS) is 23.4. The van der Waals surface area contributed by atoms with E-state index in [0.717, 1.165) is 25.0 Å². The zero-order chi connectivity index (χ0) is 30.7. The van der Waals surface area contributed by atoms with E-state index in [1.54, 1.807) is 50.9 Å². The summed E-state index contributed by atoms with van der Waals surface area (Å²) in [6, 6.07) is 4.58. The predicted molar refractivity (Wildman–Crippen MR) is 173 cm³/mol. The van der Waals surface area contributed by atoms with E-state index in [9.17, 15) is 10.2 Å². The molecule has 3 N–H and O–H groups in total. The summed E-state index contributed by atoms with van der Waals surface area (Å²) in [5.74, 6) is 2.48. The van der Waals surface area contributed by atoms with Crippen LogP contribution in [0.3, 0.4) is 0 Å². The number of methoxy groups -OCH3 is 1. The van der Waals surface area contributed by atoms with E-state index in [4.69, 9.17) is 20.5 Å². The maximum absolute atomic E-state index is 11.0. The standard InChI is InChI=1S/C26H38B2ClN7O4S2/c1-6-10-24(3,4)11-12-41-40-19(20-30-13-16(29)14-31-20)15(2)42-35-23-34-33-21(17-8-7-9-18(32-17)39-5)36(23)22-25(27,37)26(22,28)38/h7-9,13-15,19,22,37-38H,6,10-12,27-28H2,1-5H3,(H,34,35)/t15-,19?,22?,25?,26?/m0/s1. The Morgan fingerprint density at radius 1 is 1.17 bits per heavy atom. The van der Waals surface area contributed by atoms with Gasteiger partial charge in [0.05, 0.1) is 34.4 Å². The molecule has 0 radical (unpaired) electrons. The summed E-state index contributed by atoms with van der Waals surface area (Å²) >= 11 is 8.82. The first-order chi connectivity index (χ1) is 19.8. The minimum Gasteiger partial charge on any atom is -0.481 e. The van der Waals surface area contributed by atoms with Crippen LogP contribution in [0.1, 0.15) is 64.9 Å². The number of hydrogen-bond donors (Lipinski definition) is 3. The van der Waals surface area contributed by atoms with Crippen LogP contribution >= 0.6 is 35.6 Å². The van der Waals surface area contributed by atoms with E-state index in [1.807, 2.05) is 6.92 Å². The van der Waals surface area contributed by atoms with Gasteiger partial charge < -0.3 is 19.1 Å². The number of rotatable bonds is 15. The van der Waals surface area contributed by atoms with Crippen molar-refractivity contribution in [1.82, 2.24) is 29.7 Å². The first-order valence-electron chi connectivity index (χ1n) is 13.9. The predicted octanol–water partition coefficient (Wildman–Crippen LogP) is 3.06. The van der Waals surface area contributed by atoms with Crippen molar-refractivity contribution in [3.05, 3.63) is 41.4 Å². The summed E-state index contributed by atoms with van der Waals surface area (Å²) < 4.78 is 16.5. The average Bonchev–Trinajstić information content (AvgIpc) is 3.18. The smallest absolute Gasteiger partial charge is 0.235 e. The van der Waals surface area contributed by atoms with Crippen molar-refractivity contribution in [3.8, 4) is 17.4 Å². The van der Waals surface area contributed by atoms with Crippen LogP contribution in [0.5, 0.6) is 5.88 Å². The van der Waals surface area contributed by atoms with Crippen molar-refractivity contribution in [1.29, 1.82) is 0 Å². The van der Waals surface area contributed by atoms with Gasteiger partial charge in [-0.2, -0.15) is 0 Å². The molecule has 0 spiro atoms. The number of nitrogens with one attached hydrogen (secondary N) is 1. The zero-order valence-electron chi connectivity index (χ0n) is 25.0. The molecule has 42 heavy (non-hydrogen) atoms. The van der Waals surface area contributed by atoms with Crippen LogP contribution in [0.4, 0.5) is 5.95 Å². The van der Waals surface area contributed by atoms with E-state index in [0.29, 0.717) is 34.2 Å².